The molecule has 2 aromatic carbocycles. The fourth-order valence-electron chi connectivity index (χ4n) is 5.45. The molecule has 32 heavy (non-hydrogen) atoms. The van der Waals surface area contributed by atoms with Crippen LogP contribution in [0.4, 0.5) is 13.2 Å². The highest BCUT2D eigenvalue weighted by Crippen LogP contribution is 2.47. The van der Waals surface area contributed by atoms with Gasteiger partial charge >= 0.3 is 6.36 Å². The number of hydrogen-bond donors (Lipinski definition) is 0. The van der Waals surface area contributed by atoms with Crippen molar-refractivity contribution in [3.63, 3.8) is 0 Å². The topological polar surface area (TPSA) is 51.5 Å². The van der Waals surface area contributed by atoms with Gasteiger partial charge in [0, 0.05) is 36.6 Å². The zero-order valence-electron chi connectivity index (χ0n) is 17.9. The number of likely N-dealkylation sites (N-methyl/N-ethyl adjacent to an activating group) is 1. The molecule has 1 saturated heterocycles. The molecule has 5 nitrogen and oxygen atoms in total. The summed E-state index contributed by atoms with van der Waals surface area (Å²) in [7, 11) is 0.0879. The van der Waals surface area contributed by atoms with Crippen molar-refractivity contribution in [3.8, 4) is 5.75 Å². The summed E-state index contributed by atoms with van der Waals surface area (Å²) in [5.74, 6) is -0.563. The standard InChI is InChI=1S/C23H23F3N2O3S/c1-13-9-17(32(29,30)16-6-4-5-15(11-16)31-23(24,25)26)12-18-21-19-8-7-14(27(19)2)10-20(21)28(3)22(13)18/h4-6,9,11-12,14,19H,7-8,10H2,1-3H3. The van der Waals surface area contributed by atoms with Gasteiger partial charge in [-0.3, -0.25) is 4.90 Å². The van der Waals surface area contributed by atoms with Crippen LogP contribution in [0.15, 0.2) is 46.2 Å². The first-order chi connectivity index (χ1) is 15.0. The van der Waals surface area contributed by atoms with Gasteiger partial charge in [0.1, 0.15) is 5.75 Å². The number of rotatable bonds is 3. The minimum Gasteiger partial charge on any atom is -0.406 e. The molecule has 170 valence electrons. The fraction of sp³-hybridized carbons (Fsp3) is 0.391. The molecule has 2 aliphatic rings. The Morgan fingerprint density at radius 1 is 1.06 bits per heavy atom. The summed E-state index contributed by atoms with van der Waals surface area (Å²) in [5, 5.41) is 0.904. The lowest BCUT2D eigenvalue weighted by atomic mass is 9.97. The zero-order valence-corrected chi connectivity index (χ0v) is 18.7. The van der Waals surface area contributed by atoms with Crippen molar-refractivity contribution in [2.75, 3.05) is 7.05 Å². The van der Waals surface area contributed by atoms with Gasteiger partial charge in [-0.2, -0.15) is 0 Å². The Bertz CT molecular complexity index is 1340. The lowest BCUT2D eigenvalue weighted by molar-refractivity contribution is -0.274. The van der Waals surface area contributed by atoms with Crippen LogP contribution in [0.3, 0.4) is 0 Å². The molecule has 2 unspecified atom stereocenters. The van der Waals surface area contributed by atoms with Crippen molar-refractivity contribution >= 4 is 20.7 Å². The molecule has 0 N–H and O–H groups in total. The number of aryl methyl sites for hydroxylation is 2. The quantitative estimate of drug-likeness (QED) is 0.553. The third kappa shape index (κ3) is 3.21. The predicted molar refractivity (Wildman–Crippen MR) is 113 cm³/mol. The SMILES string of the molecule is Cc1cc(S(=O)(=O)c2cccc(OC(F)(F)F)c2)cc2c3c(n(C)c12)CC1CCC3N1C. The van der Waals surface area contributed by atoms with E-state index in [9.17, 15) is 21.6 Å². The van der Waals surface area contributed by atoms with Crippen molar-refractivity contribution < 1.29 is 26.3 Å². The van der Waals surface area contributed by atoms with Crippen LogP contribution in [-0.2, 0) is 23.3 Å². The van der Waals surface area contributed by atoms with E-state index in [4.69, 9.17) is 0 Å². The maximum Gasteiger partial charge on any atom is 0.573 e. The number of alkyl halides is 3. The summed E-state index contributed by atoms with van der Waals surface area (Å²) in [6.07, 6.45) is -1.83. The number of ether oxygens (including phenoxy) is 1. The van der Waals surface area contributed by atoms with Crippen molar-refractivity contribution in [3.05, 3.63) is 53.2 Å². The van der Waals surface area contributed by atoms with E-state index in [1.54, 1.807) is 12.1 Å². The first-order valence-corrected chi connectivity index (χ1v) is 11.9. The molecular formula is C23H23F3N2O3S. The van der Waals surface area contributed by atoms with Crippen LogP contribution in [0.25, 0.3) is 10.9 Å². The molecule has 2 aliphatic heterocycles. The van der Waals surface area contributed by atoms with Gasteiger partial charge in [0.05, 0.1) is 15.3 Å². The summed E-state index contributed by atoms with van der Waals surface area (Å²) in [6, 6.07) is 8.55. The highest BCUT2D eigenvalue weighted by molar-refractivity contribution is 7.91. The van der Waals surface area contributed by atoms with E-state index >= 15 is 0 Å². The Kier molecular flexibility index (Phi) is 4.66. The van der Waals surface area contributed by atoms with Crippen LogP contribution in [0.2, 0.25) is 0 Å². The lowest BCUT2D eigenvalue weighted by Crippen LogP contribution is -2.34. The second-order valence-electron chi connectivity index (χ2n) is 8.70. The number of fused-ring (bicyclic) bond motifs is 6. The first kappa shape index (κ1) is 21.3. The Morgan fingerprint density at radius 2 is 1.81 bits per heavy atom. The average molecular weight is 465 g/mol. The van der Waals surface area contributed by atoms with E-state index in [0.29, 0.717) is 6.04 Å². The smallest absolute Gasteiger partial charge is 0.406 e. The highest BCUT2D eigenvalue weighted by Gasteiger charge is 2.41. The molecular weight excluding hydrogens is 441 g/mol. The van der Waals surface area contributed by atoms with Gasteiger partial charge in [-0.25, -0.2) is 8.42 Å². The maximum absolute atomic E-state index is 13.4. The van der Waals surface area contributed by atoms with Crippen LogP contribution >= 0.6 is 0 Å². The zero-order chi connectivity index (χ0) is 23.0. The van der Waals surface area contributed by atoms with Gasteiger partial charge in [-0.05, 0) is 68.3 Å². The van der Waals surface area contributed by atoms with E-state index in [1.165, 1.54) is 23.4 Å². The van der Waals surface area contributed by atoms with E-state index in [1.807, 2.05) is 14.0 Å². The van der Waals surface area contributed by atoms with Crippen LogP contribution in [0.1, 0.15) is 35.7 Å². The Labute approximate surface area is 184 Å². The normalized spacial score (nSPS) is 21.2. The molecule has 1 aromatic heterocycles. The van der Waals surface area contributed by atoms with Gasteiger partial charge in [0.2, 0.25) is 9.84 Å². The minimum absolute atomic E-state index is 0.0721. The summed E-state index contributed by atoms with van der Waals surface area (Å²) >= 11 is 0. The third-order valence-electron chi connectivity index (χ3n) is 6.88. The summed E-state index contributed by atoms with van der Waals surface area (Å²) in [6.45, 7) is 1.87. The number of aromatic nitrogens is 1. The summed E-state index contributed by atoms with van der Waals surface area (Å²) in [4.78, 5) is 2.21. The van der Waals surface area contributed by atoms with Crippen LogP contribution in [0, 0.1) is 6.92 Å². The molecule has 0 radical (unpaired) electrons. The second-order valence-corrected chi connectivity index (χ2v) is 10.6. The van der Waals surface area contributed by atoms with E-state index in [2.05, 4.69) is 21.3 Å². The molecule has 1 fully saturated rings. The van der Waals surface area contributed by atoms with Crippen LogP contribution < -0.4 is 4.74 Å². The molecule has 9 heteroatoms. The molecule has 0 saturated carbocycles. The summed E-state index contributed by atoms with van der Waals surface area (Å²) < 4.78 is 70.7. The molecule has 0 aliphatic carbocycles. The Balaban J connectivity index is 1.66. The van der Waals surface area contributed by atoms with Gasteiger partial charge in [-0.1, -0.05) is 6.07 Å². The monoisotopic (exact) mass is 464 g/mol. The van der Waals surface area contributed by atoms with Crippen molar-refractivity contribution in [1.29, 1.82) is 0 Å². The molecule has 3 heterocycles. The Morgan fingerprint density at radius 3 is 2.53 bits per heavy atom. The largest absolute Gasteiger partial charge is 0.573 e. The van der Waals surface area contributed by atoms with Gasteiger partial charge in [-0.15, -0.1) is 13.2 Å². The fourth-order valence-corrected chi connectivity index (χ4v) is 6.85. The minimum atomic E-state index is -4.90. The van der Waals surface area contributed by atoms with Gasteiger partial charge in [0.15, 0.2) is 0 Å². The molecule has 0 amide bonds. The Hall–Kier alpha value is -2.52. The van der Waals surface area contributed by atoms with Gasteiger partial charge < -0.3 is 9.30 Å². The summed E-state index contributed by atoms with van der Waals surface area (Å²) in [5.41, 5.74) is 4.24. The third-order valence-corrected chi connectivity index (χ3v) is 8.61. The van der Waals surface area contributed by atoms with Crippen LogP contribution in [0.5, 0.6) is 5.75 Å². The van der Waals surface area contributed by atoms with Crippen molar-refractivity contribution in [2.45, 2.75) is 54.4 Å². The van der Waals surface area contributed by atoms with Crippen molar-refractivity contribution in [2.24, 2.45) is 7.05 Å². The number of hydrogen-bond acceptors (Lipinski definition) is 4. The predicted octanol–water partition coefficient (Wildman–Crippen LogP) is 4.91. The molecule has 3 aromatic rings. The number of halogens is 3. The first-order valence-electron chi connectivity index (χ1n) is 10.4. The molecule has 0 spiro atoms. The molecule has 5 rings (SSSR count). The number of benzene rings is 2. The van der Waals surface area contributed by atoms with E-state index in [0.717, 1.165) is 47.9 Å². The van der Waals surface area contributed by atoms with Crippen molar-refractivity contribution in [1.82, 2.24) is 9.47 Å². The number of nitrogens with zero attached hydrogens (tertiary/aromatic N) is 2. The molecule has 2 atom stereocenters. The highest BCUT2D eigenvalue weighted by atomic mass is 32.2. The molecule has 2 bridgehead atoms. The maximum atomic E-state index is 13.4. The van der Waals surface area contributed by atoms with Gasteiger partial charge in [0.25, 0.3) is 0 Å². The van der Waals surface area contributed by atoms with E-state index in [-0.39, 0.29) is 15.8 Å². The lowest BCUT2D eigenvalue weighted by Gasteiger charge is -2.32. The van der Waals surface area contributed by atoms with Crippen LogP contribution in [-0.4, -0.2) is 37.3 Å². The second kappa shape index (κ2) is 6.99. The average Bonchev–Trinajstić information content (AvgIpc) is 3.10. The van der Waals surface area contributed by atoms with E-state index < -0.39 is 21.9 Å². The number of sulfone groups is 1.